The molecular formula is C20H24N4+2. The van der Waals surface area contributed by atoms with Crippen LogP contribution in [0.2, 0.25) is 0 Å². The summed E-state index contributed by atoms with van der Waals surface area (Å²) in [5, 5.41) is 0. The predicted octanol–water partition coefficient (Wildman–Crippen LogP) is 2.33. The van der Waals surface area contributed by atoms with Crippen LogP contribution in [0.4, 0.5) is 0 Å². The highest BCUT2D eigenvalue weighted by Gasteiger charge is 2.10. The summed E-state index contributed by atoms with van der Waals surface area (Å²) in [5.41, 5.74) is 2.67. The van der Waals surface area contributed by atoms with E-state index < -0.39 is 0 Å². The minimum atomic E-state index is 0.835. The number of benzene rings is 1. The second-order valence-electron chi connectivity index (χ2n) is 5.91. The van der Waals surface area contributed by atoms with Gasteiger partial charge in [-0.15, -0.1) is 0 Å². The molecule has 0 aliphatic heterocycles. The molecule has 0 aliphatic carbocycles. The van der Waals surface area contributed by atoms with Gasteiger partial charge in [0.2, 0.25) is 12.7 Å². The lowest BCUT2D eigenvalue weighted by molar-refractivity contribution is -0.693. The van der Waals surface area contributed by atoms with Gasteiger partial charge in [0, 0.05) is 11.1 Å². The van der Waals surface area contributed by atoms with Crippen LogP contribution in [0, 0.1) is 0 Å². The summed E-state index contributed by atoms with van der Waals surface area (Å²) in [7, 11) is 0. The highest BCUT2D eigenvalue weighted by atomic mass is 15.1. The molecule has 2 heterocycles. The van der Waals surface area contributed by atoms with E-state index >= 15 is 0 Å². The van der Waals surface area contributed by atoms with Crippen LogP contribution in [0.15, 0.2) is 87.0 Å². The maximum absolute atomic E-state index is 3.78. The molecule has 0 bridgehead atoms. The normalized spacial score (nSPS) is 10.7. The van der Waals surface area contributed by atoms with Crippen LogP contribution >= 0.6 is 0 Å². The first kappa shape index (κ1) is 16.0. The average molecular weight is 320 g/mol. The molecule has 1 aromatic carbocycles. The number of hydrogen-bond donors (Lipinski definition) is 0. The Bertz CT molecular complexity index is 756. The fourth-order valence-electron chi connectivity index (χ4n) is 2.84. The first-order chi connectivity index (χ1) is 11.8. The third kappa shape index (κ3) is 3.90. The lowest BCUT2D eigenvalue weighted by Gasteiger charge is -2.05. The van der Waals surface area contributed by atoms with Gasteiger partial charge < -0.3 is 0 Å². The van der Waals surface area contributed by atoms with Crippen molar-refractivity contribution < 1.29 is 9.13 Å². The van der Waals surface area contributed by atoms with Gasteiger partial charge in [-0.25, -0.2) is 18.3 Å². The van der Waals surface area contributed by atoms with Crippen LogP contribution in [-0.2, 0) is 26.2 Å². The molecule has 3 rings (SSSR count). The molecule has 0 atom stereocenters. The second-order valence-corrected chi connectivity index (χ2v) is 5.91. The molecule has 2 aromatic heterocycles. The number of aromatic nitrogens is 4. The third-order valence-corrected chi connectivity index (χ3v) is 4.00. The Kier molecular flexibility index (Phi) is 5.06. The number of allylic oxidation sites excluding steroid dienone is 2. The van der Waals surface area contributed by atoms with Gasteiger partial charge in [-0.2, -0.15) is 0 Å². The van der Waals surface area contributed by atoms with Crippen LogP contribution in [0.25, 0.3) is 0 Å². The molecule has 4 nitrogen and oxygen atoms in total. The van der Waals surface area contributed by atoms with Gasteiger partial charge in [-0.3, -0.25) is 0 Å². The molecule has 0 N–H and O–H groups in total. The lowest BCUT2D eigenvalue weighted by Crippen LogP contribution is -2.35. The standard InChI is InChI=1S/C20H24N4/c1-3-9-21-11-13-23(17-21)15-19-7-5-6-8-20(19)16-24-14-12-22(18-24)10-4-2/h3-8,11-14,17-18H,1-2,9-10,15-16H2/q+2. The maximum Gasteiger partial charge on any atom is 0.244 e. The zero-order valence-corrected chi connectivity index (χ0v) is 14.0. The van der Waals surface area contributed by atoms with Crippen LogP contribution < -0.4 is 9.13 Å². The summed E-state index contributed by atoms with van der Waals surface area (Å²) in [4.78, 5) is 0. The minimum Gasteiger partial charge on any atom is -0.233 e. The molecule has 0 amide bonds. The smallest absolute Gasteiger partial charge is 0.233 e. The SMILES string of the molecule is C=CCn1cc[n+](Cc2ccccc2C[n+]2ccn(CC=C)c2)c1. The first-order valence-electron chi connectivity index (χ1n) is 8.16. The highest BCUT2D eigenvalue weighted by molar-refractivity contribution is 5.25. The molecule has 4 heteroatoms. The van der Waals surface area contributed by atoms with Crippen molar-refractivity contribution in [3.63, 3.8) is 0 Å². The van der Waals surface area contributed by atoms with E-state index in [0.717, 1.165) is 26.2 Å². The summed E-state index contributed by atoms with van der Waals surface area (Å²) in [5.74, 6) is 0. The number of imidazole rings is 2. The van der Waals surface area contributed by atoms with Crippen molar-refractivity contribution in [2.45, 2.75) is 26.2 Å². The number of nitrogens with zero attached hydrogens (tertiary/aromatic N) is 4. The topological polar surface area (TPSA) is 17.6 Å². The first-order valence-corrected chi connectivity index (χ1v) is 8.16. The quantitative estimate of drug-likeness (QED) is 0.448. The molecule has 0 aliphatic rings. The van der Waals surface area contributed by atoms with Crippen LogP contribution in [0.1, 0.15) is 11.1 Å². The Morgan fingerprint density at radius 3 is 1.67 bits per heavy atom. The van der Waals surface area contributed by atoms with Gasteiger partial charge in [0.15, 0.2) is 0 Å². The van der Waals surface area contributed by atoms with E-state index in [1.54, 1.807) is 0 Å². The van der Waals surface area contributed by atoms with Gasteiger partial charge in [0.05, 0.1) is 0 Å². The van der Waals surface area contributed by atoms with Crippen molar-refractivity contribution in [3.05, 3.63) is 98.1 Å². The largest absolute Gasteiger partial charge is 0.244 e. The Balaban J connectivity index is 1.76. The van der Waals surface area contributed by atoms with Crippen molar-refractivity contribution in [1.82, 2.24) is 9.13 Å². The molecule has 122 valence electrons. The molecule has 0 radical (unpaired) electrons. The van der Waals surface area contributed by atoms with Crippen molar-refractivity contribution in [2.75, 3.05) is 0 Å². The van der Waals surface area contributed by atoms with Crippen LogP contribution in [-0.4, -0.2) is 9.13 Å². The summed E-state index contributed by atoms with van der Waals surface area (Å²) < 4.78 is 8.66. The maximum atomic E-state index is 3.78. The molecule has 0 saturated carbocycles. The summed E-state index contributed by atoms with van der Waals surface area (Å²) in [6.07, 6.45) is 16.4. The Labute approximate surface area is 143 Å². The molecule has 0 unspecified atom stereocenters. The molecule has 24 heavy (non-hydrogen) atoms. The summed E-state index contributed by atoms with van der Waals surface area (Å²) in [6, 6.07) is 8.62. The Hall–Kier alpha value is -2.88. The van der Waals surface area contributed by atoms with Gasteiger partial charge in [0.25, 0.3) is 0 Å². The Morgan fingerprint density at radius 2 is 1.25 bits per heavy atom. The molecular weight excluding hydrogens is 296 g/mol. The van der Waals surface area contributed by atoms with Crippen molar-refractivity contribution in [3.8, 4) is 0 Å². The predicted molar refractivity (Wildman–Crippen MR) is 94.3 cm³/mol. The van der Waals surface area contributed by atoms with Crippen LogP contribution in [0.5, 0.6) is 0 Å². The minimum absolute atomic E-state index is 0.835. The number of rotatable bonds is 8. The summed E-state index contributed by atoms with van der Waals surface area (Å²) in [6.45, 7) is 11.0. The van der Waals surface area contributed by atoms with Crippen molar-refractivity contribution in [2.24, 2.45) is 0 Å². The van der Waals surface area contributed by atoms with Gasteiger partial charge in [-0.05, 0) is 0 Å². The third-order valence-electron chi connectivity index (χ3n) is 4.00. The fraction of sp³-hybridized carbons (Fsp3) is 0.200. The van der Waals surface area contributed by atoms with Crippen LogP contribution in [0.3, 0.4) is 0 Å². The van der Waals surface area contributed by atoms with Gasteiger partial charge in [0.1, 0.15) is 51.0 Å². The zero-order chi connectivity index (χ0) is 16.8. The van der Waals surface area contributed by atoms with E-state index in [0.29, 0.717) is 0 Å². The van der Waals surface area contributed by atoms with E-state index in [1.165, 1.54) is 11.1 Å². The average Bonchev–Trinajstić information content (AvgIpc) is 3.20. The fourth-order valence-corrected chi connectivity index (χ4v) is 2.84. The van der Waals surface area contributed by atoms with Crippen molar-refractivity contribution in [1.29, 1.82) is 0 Å². The molecule has 3 aromatic rings. The monoisotopic (exact) mass is 320 g/mol. The van der Waals surface area contributed by atoms with E-state index in [9.17, 15) is 0 Å². The number of hydrogen-bond acceptors (Lipinski definition) is 0. The lowest BCUT2D eigenvalue weighted by atomic mass is 10.1. The zero-order valence-electron chi connectivity index (χ0n) is 14.0. The van der Waals surface area contributed by atoms with E-state index in [4.69, 9.17) is 0 Å². The molecule has 0 spiro atoms. The summed E-state index contributed by atoms with van der Waals surface area (Å²) >= 11 is 0. The Morgan fingerprint density at radius 1 is 0.792 bits per heavy atom. The van der Waals surface area contributed by atoms with Crippen molar-refractivity contribution >= 4 is 0 Å². The second kappa shape index (κ2) is 7.59. The van der Waals surface area contributed by atoms with E-state index in [2.05, 4.69) is 93.1 Å². The molecule has 0 saturated heterocycles. The highest BCUT2D eigenvalue weighted by Crippen LogP contribution is 2.08. The van der Waals surface area contributed by atoms with E-state index in [-0.39, 0.29) is 0 Å². The van der Waals surface area contributed by atoms with Gasteiger partial charge >= 0.3 is 0 Å². The van der Waals surface area contributed by atoms with E-state index in [1.807, 2.05) is 12.2 Å². The molecule has 0 fully saturated rings. The van der Waals surface area contributed by atoms with Gasteiger partial charge in [-0.1, -0.05) is 49.6 Å².